The topological polar surface area (TPSA) is 49.3 Å². The van der Waals surface area contributed by atoms with Gasteiger partial charge in [-0.1, -0.05) is 13.8 Å². The standard InChI is InChI=1S/C12H23NO2S/c1-11(2)4-6-12(15,7-5-11)9-13-10(14)8-16-3/h15H,4-9H2,1-3H3,(H,13,14). The van der Waals surface area contributed by atoms with Gasteiger partial charge >= 0.3 is 0 Å². The number of rotatable bonds is 4. The number of aliphatic hydroxyl groups is 1. The molecule has 94 valence electrons. The summed E-state index contributed by atoms with van der Waals surface area (Å²) in [6, 6.07) is 0. The van der Waals surface area contributed by atoms with E-state index in [1.165, 1.54) is 11.8 Å². The second kappa shape index (κ2) is 5.41. The van der Waals surface area contributed by atoms with E-state index in [2.05, 4.69) is 19.2 Å². The summed E-state index contributed by atoms with van der Waals surface area (Å²) in [4.78, 5) is 11.3. The van der Waals surface area contributed by atoms with Crippen LogP contribution in [0.2, 0.25) is 0 Å². The zero-order valence-electron chi connectivity index (χ0n) is 10.5. The van der Waals surface area contributed by atoms with Crippen LogP contribution in [0, 0.1) is 5.41 Å². The van der Waals surface area contributed by atoms with Crippen molar-refractivity contribution in [3.63, 3.8) is 0 Å². The molecule has 4 heteroatoms. The van der Waals surface area contributed by atoms with E-state index in [4.69, 9.17) is 0 Å². The van der Waals surface area contributed by atoms with Crippen molar-refractivity contribution in [2.45, 2.75) is 45.1 Å². The van der Waals surface area contributed by atoms with Crippen molar-refractivity contribution in [1.82, 2.24) is 5.32 Å². The molecule has 1 rings (SSSR count). The Bertz CT molecular complexity index is 243. The molecule has 1 fully saturated rings. The van der Waals surface area contributed by atoms with Gasteiger partial charge < -0.3 is 10.4 Å². The number of carbonyl (C=O) groups excluding carboxylic acids is 1. The van der Waals surface area contributed by atoms with Crippen molar-refractivity contribution in [3.8, 4) is 0 Å². The number of nitrogens with one attached hydrogen (secondary N) is 1. The molecule has 1 saturated carbocycles. The first-order valence-electron chi connectivity index (χ1n) is 5.85. The maximum Gasteiger partial charge on any atom is 0.230 e. The van der Waals surface area contributed by atoms with E-state index in [1.807, 2.05) is 6.26 Å². The third-order valence-corrected chi connectivity index (χ3v) is 3.98. The Morgan fingerprint density at radius 1 is 1.31 bits per heavy atom. The van der Waals surface area contributed by atoms with Gasteiger partial charge in [-0.2, -0.15) is 11.8 Å². The number of hydrogen-bond acceptors (Lipinski definition) is 3. The molecule has 0 heterocycles. The molecule has 1 aliphatic carbocycles. The van der Waals surface area contributed by atoms with Crippen LogP contribution in [-0.2, 0) is 4.79 Å². The van der Waals surface area contributed by atoms with Crippen LogP contribution in [0.1, 0.15) is 39.5 Å². The summed E-state index contributed by atoms with van der Waals surface area (Å²) in [5.41, 5.74) is -0.334. The molecule has 0 atom stereocenters. The highest BCUT2D eigenvalue weighted by Gasteiger charge is 2.36. The van der Waals surface area contributed by atoms with Gasteiger partial charge in [0.1, 0.15) is 0 Å². The maximum atomic E-state index is 11.3. The minimum absolute atomic E-state index is 0.0192. The van der Waals surface area contributed by atoms with Gasteiger partial charge in [0.25, 0.3) is 0 Å². The van der Waals surface area contributed by atoms with E-state index >= 15 is 0 Å². The molecule has 0 aromatic rings. The quantitative estimate of drug-likeness (QED) is 0.794. The minimum Gasteiger partial charge on any atom is -0.388 e. The van der Waals surface area contributed by atoms with Gasteiger partial charge in [0.2, 0.25) is 5.91 Å². The summed E-state index contributed by atoms with van der Waals surface area (Å²) >= 11 is 1.50. The lowest BCUT2D eigenvalue weighted by Gasteiger charge is -2.40. The highest BCUT2D eigenvalue weighted by molar-refractivity contribution is 7.99. The van der Waals surface area contributed by atoms with E-state index in [0.717, 1.165) is 25.7 Å². The lowest BCUT2D eigenvalue weighted by Crippen LogP contribution is -2.46. The molecule has 0 aliphatic heterocycles. The van der Waals surface area contributed by atoms with E-state index in [-0.39, 0.29) is 5.91 Å². The molecule has 0 aromatic carbocycles. The molecular formula is C12H23NO2S. The lowest BCUT2D eigenvalue weighted by atomic mass is 9.71. The van der Waals surface area contributed by atoms with E-state index < -0.39 is 5.60 Å². The minimum atomic E-state index is -0.677. The molecule has 0 bridgehead atoms. The predicted octanol–water partition coefficient (Wildman–Crippen LogP) is 1.80. The SMILES string of the molecule is CSCC(=O)NCC1(O)CCC(C)(C)CC1. The van der Waals surface area contributed by atoms with Gasteiger partial charge in [-0.05, 0) is 37.4 Å². The zero-order chi connectivity index (χ0) is 12.2. The van der Waals surface area contributed by atoms with Crippen molar-refractivity contribution in [3.05, 3.63) is 0 Å². The third-order valence-electron chi connectivity index (χ3n) is 3.42. The molecule has 0 unspecified atom stereocenters. The molecule has 16 heavy (non-hydrogen) atoms. The summed E-state index contributed by atoms with van der Waals surface area (Å²) in [6.07, 6.45) is 5.54. The predicted molar refractivity (Wildman–Crippen MR) is 68.6 cm³/mol. The highest BCUT2D eigenvalue weighted by Crippen LogP contribution is 2.39. The van der Waals surface area contributed by atoms with Crippen LogP contribution in [0.15, 0.2) is 0 Å². The maximum absolute atomic E-state index is 11.3. The molecule has 3 nitrogen and oxygen atoms in total. The second-order valence-corrected chi connectivity index (χ2v) is 6.46. The normalized spacial score (nSPS) is 22.8. The van der Waals surface area contributed by atoms with Gasteiger partial charge in [-0.15, -0.1) is 0 Å². The average molecular weight is 245 g/mol. The average Bonchev–Trinajstić information content (AvgIpc) is 2.21. The Kier molecular flexibility index (Phi) is 4.68. The van der Waals surface area contributed by atoms with Crippen LogP contribution in [-0.4, -0.2) is 35.2 Å². The third kappa shape index (κ3) is 4.34. The summed E-state index contributed by atoms with van der Waals surface area (Å²) in [5, 5.41) is 13.1. The Labute approximate surface area is 102 Å². The fourth-order valence-electron chi connectivity index (χ4n) is 2.01. The Morgan fingerprint density at radius 3 is 2.38 bits per heavy atom. The molecule has 0 saturated heterocycles. The monoisotopic (exact) mass is 245 g/mol. The van der Waals surface area contributed by atoms with E-state index in [0.29, 0.717) is 17.7 Å². The first-order valence-corrected chi connectivity index (χ1v) is 7.24. The van der Waals surface area contributed by atoms with Crippen molar-refractivity contribution in [2.24, 2.45) is 5.41 Å². The van der Waals surface area contributed by atoms with E-state index in [9.17, 15) is 9.90 Å². The fraction of sp³-hybridized carbons (Fsp3) is 0.917. The number of amides is 1. The molecular weight excluding hydrogens is 222 g/mol. The second-order valence-electron chi connectivity index (χ2n) is 5.60. The van der Waals surface area contributed by atoms with Gasteiger partial charge in [0, 0.05) is 6.54 Å². The van der Waals surface area contributed by atoms with Crippen molar-refractivity contribution >= 4 is 17.7 Å². The van der Waals surface area contributed by atoms with Gasteiger partial charge in [0.05, 0.1) is 11.4 Å². The smallest absolute Gasteiger partial charge is 0.230 e. The van der Waals surface area contributed by atoms with Crippen LogP contribution >= 0.6 is 11.8 Å². The van der Waals surface area contributed by atoms with Crippen LogP contribution in [0.4, 0.5) is 0 Å². The van der Waals surface area contributed by atoms with Crippen molar-refractivity contribution in [2.75, 3.05) is 18.6 Å². The van der Waals surface area contributed by atoms with Crippen LogP contribution in [0.3, 0.4) is 0 Å². The summed E-state index contributed by atoms with van der Waals surface area (Å²) in [6.45, 7) is 4.88. The number of hydrogen-bond donors (Lipinski definition) is 2. The highest BCUT2D eigenvalue weighted by atomic mass is 32.2. The molecule has 0 spiro atoms. The Morgan fingerprint density at radius 2 is 1.88 bits per heavy atom. The van der Waals surface area contributed by atoms with Crippen LogP contribution in [0.5, 0.6) is 0 Å². The Hall–Kier alpha value is -0.220. The summed E-state index contributed by atoms with van der Waals surface area (Å²) in [5.74, 6) is 0.493. The van der Waals surface area contributed by atoms with Crippen LogP contribution < -0.4 is 5.32 Å². The van der Waals surface area contributed by atoms with Gasteiger partial charge in [0.15, 0.2) is 0 Å². The first-order chi connectivity index (χ1) is 7.37. The fourth-order valence-corrected chi connectivity index (χ4v) is 2.38. The molecule has 2 N–H and O–H groups in total. The number of thioether (sulfide) groups is 1. The van der Waals surface area contributed by atoms with E-state index in [1.54, 1.807) is 0 Å². The van der Waals surface area contributed by atoms with Gasteiger partial charge in [-0.25, -0.2) is 0 Å². The lowest BCUT2D eigenvalue weighted by molar-refractivity contribution is -0.120. The van der Waals surface area contributed by atoms with Gasteiger partial charge in [-0.3, -0.25) is 4.79 Å². The summed E-state index contributed by atoms with van der Waals surface area (Å²) in [7, 11) is 0. The molecule has 0 radical (unpaired) electrons. The molecule has 1 amide bonds. The Balaban J connectivity index is 2.34. The van der Waals surface area contributed by atoms with Crippen LogP contribution in [0.25, 0.3) is 0 Å². The largest absolute Gasteiger partial charge is 0.388 e. The zero-order valence-corrected chi connectivity index (χ0v) is 11.3. The van der Waals surface area contributed by atoms with Crippen molar-refractivity contribution < 1.29 is 9.90 Å². The number of carbonyl (C=O) groups is 1. The summed E-state index contributed by atoms with van der Waals surface area (Å²) < 4.78 is 0. The molecule has 0 aromatic heterocycles. The van der Waals surface area contributed by atoms with Crippen molar-refractivity contribution in [1.29, 1.82) is 0 Å². The molecule has 1 aliphatic rings. The first kappa shape index (κ1) is 13.8.